The molecule has 9 heteroatoms. The van der Waals surface area contributed by atoms with Crippen LogP contribution in [-0.4, -0.2) is 53.9 Å². The highest BCUT2D eigenvalue weighted by Gasteiger charge is 2.26. The maximum atomic E-state index is 12.5. The molecule has 0 bridgehead atoms. The largest absolute Gasteiger partial charge is 0.495 e. The molecule has 1 aromatic rings. The molecular weight excluding hydrogens is 316 g/mol. The van der Waals surface area contributed by atoms with Gasteiger partial charge < -0.3 is 10.5 Å². The molecular formula is C12H20N2O5S2. The summed E-state index contributed by atoms with van der Waals surface area (Å²) in [5.41, 5.74) is 6.77. The molecule has 1 rings (SSSR count). The van der Waals surface area contributed by atoms with E-state index < -0.39 is 19.9 Å². The first kappa shape index (κ1) is 17.7. The average Bonchev–Trinajstić information content (AvgIpc) is 2.37. The zero-order chi connectivity index (χ0) is 16.4. The molecule has 7 nitrogen and oxygen atoms in total. The van der Waals surface area contributed by atoms with Gasteiger partial charge in [-0.2, -0.15) is 4.31 Å². The Balaban J connectivity index is 3.21. The molecule has 21 heavy (non-hydrogen) atoms. The Bertz CT molecular complexity index is 726. The lowest BCUT2D eigenvalue weighted by Crippen LogP contribution is -2.31. The van der Waals surface area contributed by atoms with Gasteiger partial charge in [0.2, 0.25) is 10.0 Å². The highest BCUT2D eigenvalue weighted by atomic mass is 32.2. The molecule has 0 aliphatic rings. The molecule has 2 N–H and O–H groups in total. The minimum Gasteiger partial charge on any atom is -0.495 e. The predicted molar refractivity (Wildman–Crippen MR) is 81.7 cm³/mol. The molecule has 120 valence electrons. The first-order chi connectivity index (χ1) is 9.49. The zero-order valence-corrected chi connectivity index (χ0v) is 14.1. The summed E-state index contributed by atoms with van der Waals surface area (Å²) in [6.45, 7) is 1.60. The molecule has 0 aromatic heterocycles. The second kappa shape index (κ2) is 6.20. The fourth-order valence-electron chi connectivity index (χ4n) is 1.62. The lowest BCUT2D eigenvalue weighted by atomic mass is 10.2. The van der Waals surface area contributed by atoms with Crippen LogP contribution in [0, 0.1) is 6.92 Å². The van der Waals surface area contributed by atoms with Crippen LogP contribution in [0.1, 0.15) is 5.56 Å². The second-order valence-corrected chi connectivity index (χ2v) is 9.09. The molecule has 0 aliphatic carbocycles. The van der Waals surface area contributed by atoms with E-state index in [1.807, 2.05) is 0 Å². The minimum absolute atomic E-state index is 0.0795. The van der Waals surface area contributed by atoms with Gasteiger partial charge in [0.1, 0.15) is 20.5 Å². The number of rotatable bonds is 6. The Labute approximate surface area is 125 Å². The molecule has 0 amide bonds. The number of methoxy groups -OCH3 is 1. The van der Waals surface area contributed by atoms with Gasteiger partial charge in [-0.15, -0.1) is 0 Å². The summed E-state index contributed by atoms with van der Waals surface area (Å²) in [6.07, 6.45) is 1.05. The number of hydrogen-bond donors (Lipinski definition) is 1. The normalized spacial score (nSPS) is 12.6. The number of anilines is 1. The molecule has 0 radical (unpaired) electrons. The lowest BCUT2D eigenvalue weighted by molar-refractivity contribution is 0.398. The first-order valence-electron chi connectivity index (χ1n) is 6.07. The fourth-order valence-corrected chi connectivity index (χ4v) is 3.68. The van der Waals surface area contributed by atoms with Crippen LogP contribution in [-0.2, 0) is 19.9 Å². The van der Waals surface area contributed by atoms with Gasteiger partial charge in [-0.05, 0) is 24.6 Å². The summed E-state index contributed by atoms with van der Waals surface area (Å²) in [5, 5.41) is 0. The fraction of sp³-hybridized carbons (Fsp3) is 0.500. The third-order valence-electron chi connectivity index (χ3n) is 3.02. The van der Waals surface area contributed by atoms with Crippen molar-refractivity contribution in [2.24, 2.45) is 0 Å². The standard InChI is InChI=1S/C12H20N2O5S2/c1-9-7-11(19-3)12(8-10(9)13)21(17,18)14(2)5-6-20(4,15)16/h7-8H,5-6,13H2,1-4H3. The van der Waals surface area contributed by atoms with Crippen molar-refractivity contribution in [1.82, 2.24) is 4.31 Å². The first-order valence-corrected chi connectivity index (χ1v) is 9.57. The summed E-state index contributed by atoms with van der Waals surface area (Å²) >= 11 is 0. The molecule has 0 fully saturated rings. The summed E-state index contributed by atoms with van der Waals surface area (Å²) in [4.78, 5) is -0.0795. The maximum absolute atomic E-state index is 12.5. The van der Waals surface area contributed by atoms with Gasteiger partial charge in [0.25, 0.3) is 0 Å². The number of aryl methyl sites for hydroxylation is 1. The molecule has 0 unspecified atom stereocenters. The van der Waals surface area contributed by atoms with Crippen molar-refractivity contribution in [2.75, 3.05) is 38.4 Å². The van der Waals surface area contributed by atoms with Gasteiger partial charge in [-0.3, -0.25) is 0 Å². The van der Waals surface area contributed by atoms with Crippen LogP contribution in [0.2, 0.25) is 0 Å². The van der Waals surface area contributed by atoms with Gasteiger partial charge in [-0.1, -0.05) is 0 Å². The number of sulfonamides is 1. The topological polar surface area (TPSA) is 107 Å². The van der Waals surface area contributed by atoms with E-state index >= 15 is 0 Å². The monoisotopic (exact) mass is 336 g/mol. The van der Waals surface area contributed by atoms with Gasteiger partial charge in [-0.25, -0.2) is 16.8 Å². The van der Waals surface area contributed by atoms with E-state index in [2.05, 4.69) is 0 Å². The van der Waals surface area contributed by atoms with Gasteiger partial charge in [0, 0.05) is 25.5 Å². The number of nitrogen functional groups attached to an aromatic ring is 1. The van der Waals surface area contributed by atoms with Crippen LogP contribution < -0.4 is 10.5 Å². The van der Waals surface area contributed by atoms with Gasteiger partial charge in [0.05, 0.1) is 12.9 Å². The van der Waals surface area contributed by atoms with Crippen molar-refractivity contribution in [1.29, 1.82) is 0 Å². The van der Waals surface area contributed by atoms with E-state index in [9.17, 15) is 16.8 Å². The van der Waals surface area contributed by atoms with Crippen molar-refractivity contribution >= 4 is 25.5 Å². The third kappa shape index (κ3) is 4.32. The number of ether oxygens (including phenoxy) is 1. The highest BCUT2D eigenvalue weighted by Crippen LogP contribution is 2.30. The summed E-state index contributed by atoms with van der Waals surface area (Å²) in [5.74, 6) is -0.0836. The molecule has 0 saturated heterocycles. The van der Waals surface area contributed by atoms with Gasteiger partial charge >= 0.3 is 0 Å². The number of nitrogens with zero attached hydrogens (tertiary/aromatic N) is 1. The van der Waals surface area contributed by atoms with E-state index in [0.29, 0.717) is 11.3 Å². The number of benzene rings is 1. The summed E-state index contributed by atoms with van der Waals surface area (Å²) < 4.78 is 53.3. The Hall–Kier alpha value is -1.32. The van der Waals surface area contributed by atoms with Crippen molar-refractivity contribution in [3.8, 4) is 5.75 Å². The quantitative estimate of drug-likeness (QED) is 0.746. The molecule has 1 aromatic carbocycles. The summed E-state index contributed by atoms with van der Waals surface area (Å²) in [6, 6.07) is 2.85. The van der Waals surface area contributed by atoms with Crippen molar-refractivity contribution in [3.05, 3.63) is 17.7 Å². The second-order valence-electron chi connectivity index (χ2n) is 4.82. The SMILES string of the molecule is COc1cc(C)c(N)cc1S(=O)(=O)N(C)CCS(C)(=O)=O. The van der Waals surface area contributed by atoms with E-state index in [4.69, 9.17) is 10.5 Å². The predicted octanol–water partition coefficient (Wildman–Crippen LogP) is 0.251. The summed E-state index contributed by atoms with van der Waals surface area (Å²) in [7, 11) is -4.46. The van der Waals surface area contributed by atoms with Crippen LogP contribution in [0.4, 0.5) is 5.69 Å². The maximum Gasteiger partial charge on any atom is 0.246 e. The van der Waals surface area contributed by atoms with E-state index in [-0.39, 0.29) is 22.9 Å². The van der Waals surface area contributed by atoms with Crippen LogP contribution >= 0.6 is 0 Å². The Morgan fingerprint density at radius 3 is 2.29 bits per heavy atom. The Morgan fingerprint density at radius 1 is 1.24 bits per heavy atom. The highest BCUT2D eigenvalue weighted by molar-refractivity contribution is 7.91. The van der Waals surface area contributed by atoms with Crippen LogP contribution in [0.5, 0.6) is 5.75 Å². The Morgan fingerprint density at radius 2 is 1.81 bits per heavy atom. The average molecular weight is 336 g/mol. The van der Waals surface area contributed by atoms with Crippen LogP contribution in [0.25, 0.3) is 0 Å². The third-order valence-corrected chi connectivity index (χ3v) is 5.82. The zero-order valence-electron chi connectivity index (χ0n) is 12.5. The van der Waals surface area contributed by atoms with Crippen LogP contribution in [0.15, 0.2) is 17.0 Å². The minimum atomic E-state index is -3.88. The molecule has 0 heterocycles. The van der Waals surface area contributed by atoms with E-state index in [1.165, 1.54) is 26.3 Å². The number of nitrogens with two attached hydrogens (primary N) is 1. The Kier molecular flexibility index (Phi) is 5.24. The van der Waals surface area contributed by atoms with Gasteiger partial charge in [0.15, 0.2) is 0 Å². The molecule has 0 spiro atoms. The van der Waals surface area contributed by atoms with Crippen molar-refractivity contribution in [3.63, 3.8) is 0 Å². The van der Waals surface area contributed by atoms with E-state index in [0.717, 1.165) is 10.6 Å². The number of hydrogen-bond acceptors (Lipinski definition) is 6. The molecule has 0 aliphatic heterocycles. The smallest absolute Gasteiger partial charge is 0.246 e. The van der Waals surface area contributed by atoms with Crippen LogP contribution in [0.3, 0.4) is 0 Å². The molecule has 0 atom stereocenters. The lowest BCUT2D eigenvalue weighted by Gasteiger charge is -2.19. The van der Waals surface area contributed by atoms with Crippen molar-refractivity contribution in [2.45, 2.75) is 11.8 Å². The van der Waals surface area contributed by atoms with E-state index in [1.54, 1.807) is 6.92 Å². The number of sulfone groups is 1. The molecule has 0 saturated carbocycles. The van der Waals surface area contributed by atoms with Crippen molar-refractivity contribution < 1.29 is 21.6 Å².